The molecule has 0 aliphatic carbocycles. The minimum atomic E-state index is -5.59. The lowest BCUT2D eigenvalue weighted by Crippen LogP contribution is -2.23. The molecule has 11 heteroatoms. The summed E-state index contributed by atoms with van der Waals surface area (Å²) in [5.41, 5.74) is -5.56. The van der Waals surface area contributed by atoms with Crippen LogP contribution in [0.4, 0.5) is 18.9 Å². The molecule has 1 N–H and O–H groups in total. The number of hydrogen-bond donors (Lipinski definition) is 1. The van der Waals surface area contributed by atoms with E-state index in [4.69, 9.17) is 16.6 Å². The number of sulfone groups is 1. The summed E-state index contributed by atoms with van der Waals surface area (Å²) >= 11 is 0. The van der Waals surface area contributed by atoms with Crippen molar-refractivity contribution >= 4 is 26.4 Å². The van der Waals surface area contributed by atoms with Crippen molar-refractivity contribution < 1.29 is 26.3 Å². The highest BCUT2D eigenvalue weighted by molar-refractivity contribution is 7.92. The minimum Gasteiger partial charge on any atom is -0.458 e. The normalized spacial score (nSPS) is 11.7. The van der Waals surface area contributed by atoms with Crippen molar-refractivity contribution in [1.29, 1.82) is 5.26 Å². The topological polar surface area (TPSA) is 100 Å². The minimum absolute atomic E-state index is 0.00546. The Kier molecular flexibility index (Phi) is 4.25. The Bertz CT molecular complexity index is 1200. The van der Waals surface area contributed by atoms with Crippen LogP contribution in [0.1, 0.15) is 5.56 Å². The van der Waals surface area contributed by atoms with Gasteiger partial charge in [0.25, 0.3) is 9.84 Å². The molecule has 0 saturated heterocycles. The van der Waals surface area contributed by atoms with Gasteiger partial charge in [0.05, 0.1) is 29.7 Å². The zero-order chi connectivity index (χ0) is 19.8. The predicted molar refractivity (Wildman–Crippen MR) is 86.8 cm³/mol. The number of hydrogen-bond acceptors (Lipinski definition) is 5. The Labute approximate surface area is 150 Å². The van der Waals surface area contributed by atoms with Crippen molar-refractivity contribution in [1.82, 2.24) is 10.2 Å². The van der Waals surface area contributed by atoms with Crippen LogP contribution in [0, 0.1) is 17.9 Å². The molecule has 27 heavy (non-hydrogen) atoms. The second-order valence-electron chi connectivity index (χ2n) is 5.21. The van der Waals surface area contributed by atoms with Crippen molar-refractivity contribution in [3.05, 3.63) is 53.5 Å². The van der Waals surface area contributed by atoms with Gasteiger partial charge in [-0.15, -0.1) is 0 Å². The Morgan fingerprint density at radius 3 is 2.63 bits per heavy atom. The summed E-state index contributed by atoms with van der Waals surface area (Å²) in [5.74, 6) is 0.0971. The average Bonchev–Trinajstić information content (AvgIpc) is 3.10. The first-order valence-corrected chi connectivity index (χ1v) is 8.53. The van der Waals surface area contributed by atoms with Crippen molar-refractivity contribution in [3.8, 4) is 17.6 Å². The zero-order valence-electron chi connectivity index (χ0n) is 13.1. The van der Waals surface area contributed by atoms with Crippen LogP contribution in [-0.4, -0.2) is 24.1 Å². The maximum atomic E-state index is 12.9. The molecule has 3 rings (SSSR count). The van der Waals surface area contributed by atoms with E-state index in [1.54, 1.807) is 0 Å². The Morgan fingerprint density at radius 2 is 2.00 bits per heavy atom. The van der Waals surface area contributed by atoms with E-state index < -0.39 is 20.2 Å². The van der Waals surface area contributed by atoms with Crippen LogP contribution in [0.3, 0.4) is 0 Å². The van der Waals surface area contributed by atoms with Crippen molar-refractivity contribution in [2.45, 2.75) is 10.4 Å². The average molecular weight is 392 g/mol. The predicted octanol–water partition coefficient (Wildman–Crippen LogP) is 4.07. The summed E-state index contributed by atoms with van der Waals surface area (Å²) in [7, 11) is -5.59. The number of nitrogens with one attached hydrogen (secondary N) is 1. The maximum absolute atomic E-state index is 12.9. The van der Waals surface area contributed by atoms with Gasteiger partial charge in [-0.1, -0.05) is 0 Å². The number of alkyl halides is 3. The van der Waals surface area contributed by atoms with Gasteiger partial charge in [-0.3, -0.25) is 5.10 Å². The molecular formula is C16H7F3N4O3S. The van der Waals surface area contributed by atoms with Crippen LogP contribution < -0.4 is 4.74 Å². The quantitative estimate of drug-likeness (QED) is 0.677. The lowest BCUT2D eigenvalue weighted by Gasteiger charge is -2.12. The number of halogens is 3. The van der Waals surface area contributed by atoms with Gasteiger partial charge in [-0.25, -0.2) is 13.3 Å². The van der Waals surface area contributed by atoms with Gasteiger partial charge < -0.3 is 4.74 Å². The molecule has 0 atom stereocenters. The van der Waals surface area contributed by atoms with Crippen molar-refractivity contribution in [2.75, 3.05) is 0 Å². The molecule has 1 heterocycles. The standard InChI is InChI=1S/C16H7F3N4O3S/c1-21-10-4-9(7-20)5-11(6-10)26-13-2-3-14(15-12(13)8-22-23-15)27(24,25)16(17,18)19/h2-6,8H,(H,22,23). The third-order valence-corrected chi connectivity index (χ3v) is 5.04. The van der Waals surface area contributed by atoms with Gasteiger partial charge in [0, 0.05) is 5.56 Å². The monoisotopic (exact) mass is 392 g/mol. The third-order valence-electron chi connectivity index (χ3n) is 3.51. The number of ether oxygens (including phenoxy) is 1. The van der Waals surface area contributed by atoms with Gasteiger partial charge in [-0.05, 0) is 30.3 Å². The highest BCUT2D eigenvalue weighted by atomic mass is 32.2. The van der Waals surface area contributed by atoms with Gasteiger partial charge in [-0.2, -0.15) is 23.5 Å². The van der Waals surface area contributed by atoms with E-state index in [0.29, 0.717) is 0 Å². The fourth-order valence-corrected chi connectivity index (χ4v) is 3.24. The lowest BCUT2D eigenvalue weighted by molar-refractivity contribution is -0.0435. The molecule has 3 aromatic rings. The fourth-order valence-electron chi connectivity index (χ4n) is 2.32. The molecule has 136 valence electrons. The Morgan fingerprint density at radius 1 is 1.26 bits per heavy atom. The lowest BCUT2D eigenvalue weighted by atomic mass is 10.2. The largest absolute Gasteiger partial charge is 0.501 e. The van der Waals surface area contributed by atoms with Crippen molar-refractivity contribution in [2.24, 2.45) is 0 Å². The number of H-pyrrole nitrogens is 1. The first kappa shape index (κ1) is 18.2. The molecule has 0 aliphatic heterocycles. The molecule has 0 saturated carbocycles. The van der Waals surface area contributed by atoms with E-state index in [0.717, 1.165) is 18.3 Å². The summed E-state index contributed by atoms with van der Waals surface area (Å²) < 4.78 is 67.6. The van der Waals surface area contributed by atoms with E-state index in [1.165, 1.54) is 18.2 Å². The number of nitrogens with zero attached hydrogens (tertiary/aromatic N) is 3. The highest BCUT2D eigenvalue weighted by Gasteiger charge is 2.48. The maximum Gasteiger partial charge on any atom is 0.501 e. The van der Waals surface area contributed by atoms with Gasteiger partial charge in [0.15, 0.2) is 5.69 Å². The fraction of sp³-hybridized carbons (Fsp3) is 0.0625. The highest BCUT2D eigenvalue weighted by Crippen LogP contribution is 2.38. The zero-order valence-corrected chi connectivity index (χ0v) is 13.9. The summed E-state index contributed by atoms with van der Waals surface area (Å²) in [6.45, 7) is 7.03. The molecule has 0 amide bonds. The molecule has 0 spiro atoms. The first-order chi connectivity index (χ1) is 12.7. The number of aromatic amines is 1. The number of benzene rings is 2. The SMILES string of the molecule is [C-]#[N+]c1cc(C#N)cc(Oc2ccc(S(=O)(=O)C(F)(F)F)c3[nH]ncc23)c1. The summed E-state index contributed by atoms with van der Waals surface area (Å²) in [6, 6.07) is 7.67. The molecule has 0 aliphatic rings. The van der Waals surface area contributed by atoms with Crippen LogP contribution in [0.25, 0.3) is 15.7 Å². The van der Waals surface area contributed by atoms with Gasteiger partial charge >= 0.3 is 5.51 Å². The summed E-state index contributed by atoms with van der Waals surface area (Å²) in [5, 5.41) is 14.8. The second kappa shape index (κ2) is 6.30. The molecule has 0 bridgehead atoms. The Hall–Kier alpha value is -3.57. The van der Waals surface area contributed by atoms with E-state index in [2.05, 4.69) is 15.0 Å². The number of fused-ring (bicyclic) bond motifs is 1. The van der Waals surface area contributed by atoms with E-state index in [-0.39, 0.29) is 33.7 Å². The van der Waals surface area contributed by atoms with Crippen LogP contribution in [0.2, 0.25) is 0 Å². The molecule has 1 aromatic heterocycles. The molecule has 7 nitrogen and oxygen atoms in total. The van der Waals surface area contributed by atoms with E-state index in [1.807, 2.05) is 6.07 Å². The van der Waals surface area contributed by atoms with Gasteiger partial charge in [0.2, 0.25) is 0 Å². The number of nitriles is 1. The number of aromatic nitrogens is 2. The molecule has 0 fully saturated rings. The third kappa shape index (κ3) is 3.16. The van der Waals surface area contributed by atoms with Crippen LogP contribution in [0.15, 0.2) is 41.4 Å². The van der Waals surface area contributed by atoms with Crippen molar-refractivity contribution in [3.63, 3.8) is 0 Å². The molecule has 2 aromatic carbocycles. The van der Waals surface area contributed by atoms with E-state index in [9.17, 15) is 21.6 Å². The Balaban J connectivity index is 2.13. The second-order valence-corrected chi connectivity index (χ2v) is 7.12. The molecular weight excluding hydrogens is 385 g/mol. The molecule has 0 radical (unpaired) electrons. The van der Waals surface area contributed by atoms with Crippen LogP contribution in [0.5, 0.6) is 11.5 Å². The smallest absolute Gasteiger partial charge is 0.458 e. The summed E-state index contributed by atoms with van der Waals surface area (Å²) in [4.78, 5) is 2.22. The van der Waals surface area contributed by atoms with E-state index >= 15 is 0 Å². The van der Waals surface area contributed by atoms with Crippen LogP contribution in [-0.2, 0) is 9.84 Å². The summed E-state index contributed by atoms with van der Waals surface area (Å²) in [6.07, 6.45) is 1.12. The first-order valence-electron chi connectivity index (χ1n) is 7.05. The molecule has 0 unspecified atom stereocenters. The van der Waals surface area contributed by atoms with Crippen LogP contribution >= 0.6 is 0 Å². The number of rotatable bonds is 3. The van der Waals surface area contributed by atoms with Gasteiger partial charge in [0.1, 0.15) is 16.4 Å².